The van der Waals surface area contributed by atoms with E-state index in [1.165, 1.54) is 0 Å². The molecule has 0 atom stereocenters. The Kier molecular flexibility index (Phi) is 5.17. The van der Waals surface area contributed by atoms with E-state index < -0.39 is 0 Å². The Bertz CT molecular complexity index is 616. The van der Waals surface area contributed by atoms with Crippen LogP contribution in [-0.4, -0.2) is 18.8 Å². The monoisotopic (exact) mass is 307 g/mol. The summed E-state index contributed by atoms with van der Waals surface area (Å²) < 4.78 is 10.8. The van der Waals surface area contributed by atoms with E-state index in [2.05, 4.69) is 5.32 Å². The van der Waals surface area contributed by atoms with E-state index in [1.54, 1.807) is 19.2 Å². The van der Waals surface area contributed by atoms with Crippen LogP contribution in [0.15, 0.2) is 36.4 Å². The maximum atomic E-state index is 9.40. The second-order valence-electron chi connectivity index (χ2n) is 4.44. The molecule has 0 fully saturated rings. The molecule has 0 aliphatic heterocycles. The Balaban J connectivity index is 2.08. The van der Waals surface area contributed by atoms with Crippen LogP contribution in [0.2, 0.25) is 5.02 Å². The minimum Gasteiger partial charge on any atom is -0.506 e. The average molecular weight is 308 g/mol. The number of hydrogen-bond acceptors (Lipinski definition) is 4. The summed E-state index contributed by atoms with van der Waals surface area (Å²) in [6.45, 7) is 3.10. The number of phenols is 1. The van der Waals surface area contributed by atoms with Gasteiger partial charge in [0.05, 0.1) is 18.7 Å². The molecule has 0 spiro atoms. The summed E-state index contributed by atoms with van der Waals surface area (Å²) in [5.74, 6) is 1.49. The van der Waals surface area contributed by atoms with E-state index in [9.17, 15) is 5.11 Å². The van der Waals surface area contributed by atoms with Gasteiger partial charge in [0.25, 0.3) is 0 Å². The first kappa shape index (κ1) is 15.3. The molecule has 2 aromatic rings. The molecule has 0 saturated heterocycles. The van der Waals surface area contributed by atoms with Crippen LogP contribution in [-0.2, 0) is 6.54 Å². The van der Waals surface area contributed by atoms with Gasteiger partial charge in [0.15, 0.2) is 11.5 Å². The van der Waals surface area contributed by atoms with Gasteiger partial charge in [-0.3, -0.25) is 0 Å². The molecule has 5 heteroatoms. The maximum Gasteiger partial charge on any atom is 0.163 e. The third-order valence-corrected chi connectivity index (χ3v) is 3.27. The summed E-state index contributed by atoms with van der Waals surface area (Å²) in [7, 11) is 1.61. The van der Waals surface area contributed by atoms with E-state index >= 15 is 0 Å². The fourth-order valence-corrected chi connectivity index (χ4v) is 2.12. The lowest BCUT2D eigenvalue weighted by Crippen LogP contribution is -2.01. The Morgan fingerprint density at radius 2 is 1.95 bits per heavy atom. The van der Waals surface area contributed by atoms with Crippen LogP contribution in [0.25, 0.3) is 0 Å². The van der Waals surface area contributed by atoms with Crippen molar-refractivity contribution in [2.24, 2.45) is 0 Å². The van der Waals surface area contributed by atoms with Gasteiger partial charge >= 0.3 is 0 Å². The van der Waals surface area contributed by atoms with Gasteiger partial charge in [-0.15, -0.1) is 0 Å². The first-order chi connectivity index (χ1) is 10.1. The Morgan fingerprint density at radius 3 is 2.62 bits per heavy atom. The molecule has 112 valence electrons. The van der Waals surface area contributed by atoms with Crippen molar-refractivity contribution in [1.82, 2.24) is 0 Å². The summed E-state index contributed by atoms with van der Waals surface area (Å²) in [4.78, 5) is 0. The molecule has 2 N–H and O–H groups in total. The van der Waals surface area contributed by atoms with Crippen molar-refractivity contribution in [3.05, 3.63) is 47.0 Å². The molecule has 0 saturated carbocycles. The van der Waals surface area contributed by atoms with Crippen LogP contribution in [0.3, 0.4) is 0 Å². The third kappa shape index (κ3) is 3.95. The van der Waals surface area contributed by atoms with Crippen LogP contribution in [0, 0.1) is 0 Å². The number of phenolic OH excluding ortho intramolecular Hbond substituents is 1. The molecular weight excluding hydrogens is 290 g/mol. The van der Waals surface area contributed by atoms with Crippen molar-refractivity contribution in [3.8, 4) is 17.2 Å². The Morgan fingerprint density at radius 1 is 1.14 bits per heavy atom. The molecule has 2 aromatic carbocycles. The van der Waals surface area contributed by atoms with E-state index in [4.69, 9.17) is 21.1 Å². The lowest BCUT2D eigenvalue weighted by atomic mass is 10.2. The smallest absolute Gasteiger partial charge is 0.163 e. The van der Waals surface area contributed by atoms with Gasteiger partial charge in [-0.25, -0.2) is 0 Å². The number of aromatic hydroxyl groups is 1. The fourth-order valence-electron chi connectivity index (χ4n) is 1.92. The largest absolute Gasteiger partial charge is 0.506 e. The minimum atomic E-state index is 0.0866. The predicted octanol–water partition coefficient (Wildman–Crippen LogP) is 4.07. The molecule has 0 bridgehead atoms. The SMILES string of the molecule is CCOc1cc(NCc2ccc(O)c(Cl)c2)ccc1OC. The van der Waals surface area contributed by atoms with Crippen LogP contribution in [0.5, 0.6) is 17.2 Å². The molecule has 4 nitrogen and oxygen atoms in total. The second kappa shape index (κ2) is 7.09. The lowest BCUT2D eigenvalue weighted by Gasteiger charge is -2.12. The maximum absolute atomic E-state index is 9.40. The van der Waals surface area contributed by atoms with Gasteiger partial charge in [0, 0.05) is 18.3 Å². The molecule has 0 aliphatic rings. The molecule has 0 aliphatic carbocycles. The number of nitrogens with one attached hydrogen (secondary N) is 1. The van der Waals surface area contributed by atoms with Gasteiger partial charge in [-0.1, -0.05) is 17.7 Å². The summed E-state index contributed by atoms with van der Waals surface area (Å²) in [5.41, 5.74) is 1.90. The number of anilines is 1. The highest BCUT2D eigenvalue weighted by atomic mass is 35.5. The average Bonchev–Trinajstić information content (AvgIpc) is 2.49. The van der Waals surface area contributed by atoms with Crippen molar-refractivity contribution in [1.29, 1.82) is 0 Å². The van der Waals surface area contributed by atoms with Crippen molar-refractivity contribution in [3.63, 3.8) is 0 Å². The van der Waals surface area contributed by atoms with E-state index in [1.807, 2.05) is 31.2 Å². The van der Waals surface area contributed by atoms with Gasteiger partial charge in [0.2, 0.25) is 0 Å². The normalized spacial score (nSPS) is 10.2. The van der Waals surface area contributed by atoms with Crippen LogP contribution < -0.4 is 14.8 Å². The van der Waals surface area contributed by atoms with E-state index in [0.29, 0.717) is 29.7 Å². The highest BCUT2D eigenvalue weighted by Gasteiger charge is 2.06. The fraction of sp³-hybridized carbons (Fsp3) is 0.250. The zero-order chi connectivity index (χ0) is 15.2. The van der Waals surface area contributed by atoms with Gasteiger partial charge < -0.3 is 19.9 Å². The van der Waals surface area contributed by atoms with Crippen molar-refractivity contribution in [2.75, 3.05) is 19.0 Å². The first-order valence-electron chi connectivity index (χ1n) is 6.66. The predicted molar refractivity (Wildman–Crippen MR) is 84.6 cm³/mol. The minimum absolute atomic E-state index is 0.0866. The molecule has 0 aromatic heterocycles. The van der Waals surface area contributed by atoms with Crippen LogP contribution in [0.1, 0.15) is 12.5 Å². The van der Waals surface area contributed by atoms with Gasteiger partial charge in [0.1, 0.15) is 5.75 Å². The quantitative estimate of drug-likeness (QED) is 0.845. The van der Waals surface area contributed by atoms with Crippen LogP contribution >= 0.6 is 11.6 Å². The Labute approximate surface area is 129 Å². The van der Waals surface area contributed by atoms with E-state index in [0.717, 1.165) is 11.3 Å². The number of ether oxygens (including phenoxy) is 2. The topological polar surface area (TPSA) is 50.7 Å². The molecule has 0 radical (unpaired) electrons. The second-order valence-corrected chi connectivity index (χ2v) is 4.85. The number of benzene rings is 2. The molecule has 0 amide bonds. The number of methoxy groups -OCH3 is 1. The van der Waals surface area contributed by atoms with Crippen molar-refractivity contribution < 1.29 is 14.6 Å². The van der Waals surface area contributed by atoms with Crippen molar-refractivity contribution >= 4 is 17.3 Å². The van der Waals surface area contributed by atoms with Crippen molar-refractivity contribution in [2.45, 2.75) is 13.5 Å². The summed E-state index contributed by atoms with van der Waals surface area (Å²) in [6, 6.07) is 10.8. The van der Waals surface area contributed by atoms with Gasteiger partial charge in [-0.05, 0) is 36.8 Å². The molecule has 2 rings (SSSR count). The highest BCUT2D eigenvalue weighted by molar-refractivity contribution is 6.32. The first-order valence-corrected chi connectivity index (χ1v) is 7.04. The third-order valence-electron chi connectivity index (χ3n) is 2.97. The summed E-state index contributed by atoms with van der Waals surface area (Å²) in [6.07, 6.45) is 0. The standard InChI is InChI=1S/C16H18ClNO3/c1-3-21-16-9-12(5-7-15(16)20-2)18-10-11-4-6-14(19)13(17)8-11/h4-9,18-19H,3,10H2,1-2H3. The molecule has 0 heterocycles. The lowest BCUT2D eigenvalue weighted by molar-refractivity contribution is 0.311. The summed E-state index contributed by atoms with van der Waals surface area (Å²) in [5, 5.41) is 13.0. The summed E-state index contributed by atoms with van der Waals surface area (Å²) >= 11 is 5.89. The molecular formula is C16H18ClNO3. The molecule has 0 unspecified atom stereocenters. The number of hydrogen-bond donors (Lipinski definition) is 2. The van der Waals surface area contributed by atoms with Gasteiger partial charge in [-0.2, -0.15) is 0 Å². The van der Waals surface area contributed by atoms with Crippen LogP contribution in [0.4, 0.5) is 5.69 Å². The Hall–Kier alpha value is -2.07. The van der Waals surface area contributed by atoms with E-state index in [-0.39, 0.29) is 5.75 Å². The highest BCUT2D eigenvalue weighted by Crippen LogP contribution is 2.30. The molecule has 21 heavy (non-hydrogen) atoms. The number of halogens is 1. The number of rotatable bonds is 6. The zero-order valence-electron chi connectivity index (χ0n) is 12.0. The zero-order valence-corrected chi connectivity index (χ0v) is 12.8.